The number of hydrogen-bond donors (Lipinski definition) is 0. The fraction of sp³-hybridized carbons (Fsp3) is 0.650. The van der Waals surface area contributed by atoms with E-state index in [1.807, 2.05) is 11.1 Å². The van der Waals surface area contributed by atoms with Gasteiger partial charge >= 0.3 is 5.97 Å². The predicted molar refractivity (Wildman–Crippen MR) is 99.0 cm³/mol. The molecule has 4 heterocycles. The Kier molecular flexibility index (Phi) is 4.59. The summed E-state index contributed by atoms with van der Waals surface area (Å²) in [4.78, 5) is 49.1. The summed E-state index contributed by atoms with van der Waals surface area (Å²) >= 11 is 0. The second-order valence-corrected chi connectivity index (χ2v) is 8.49. The van der Waals surface area contributed by atoms with E-state index in [0.29, 0.717) is 26.2 Å². The summed E-state index contributed by atoms with van der Waals surface area (Å²) in [5.41, 5.74) is 1.25. The summed E-state index contributed by atoms with van der Waals surface area (Å²) in [5.74, 6) is 0.174. The molecular weight excluding hydrogens is 360 g/mol. The van der Waals surface area contributed by atoms with Crippen LogP contribution in [-0.4, -0.2) is 62.8 Å². The van der Waals surface area contributed by atoms with Crippen molar-refractivity contribution in [2.75, 3.05) is 19.6 Å². The number of aromatic nitrogens is 2. The Balaban J connectivity index is 1.44. The highest BCUT2D eigenvalue weighted by molar-refractivity contribution is 5.88. The standard InChI is InChI=1S/C20H26N4O4/c1-12(25)23-7-5-16-14(11-23)9-21-18(22-16)13-4-6-24(10-13)19(27)15-8-17(26)28-20(15,2)3/h9,13,15H,4-8,10-11H2,1-3H3/t13-,15+/m1/s1. The summed E-state index contributed by atoms with van der Waals surface area (Å²) < 4.78 is 5.30. The van der Waals surface area contributed by atoms with Crippen LogP contribution in [0.5, 0.6) is 0 Å². The SMILES string of the molecule is CC(=O)N1CCc2nc([C@@H]3CCN(C(=O)[C@@H]4CC(=O)OC4(C)C)C3)ncc2C1. The molecule has 0 aliphatic carbocycles. The molecule has 0 bridgehead atoms. The van der Waals surface area contributed by atoms with Crippen LogP contribution in [0.3, 0.4) is 0 Å². The Morgan fingerprint density at radius 3 is 2.71 bits per heavy atom. The summed E-state index contributed by atoms with van der Waals surface area (Å²) in [6.45, 7) is 7.62. The van der Waals surface area contributed by atoms with Gasteiger partial charge in [-0.15, -0.1) is 0 Å². The van der Waals surface area contributed by atoms with Gasteiger partial charge in [0.25, 0.3) is 0 Å². The molecule has 3 aliphatic rings. The van der Waals surface area contributed by atoms with Crippen molar-refractivity contribution >= 4 is 17.8 Å². The summed E-state index contributed by atoms with van der Waals surface area (Å²) in [5, 5.41) is 0. The number of likely N-dealkylation sites (tertiary alicyclic amines) is 1. The van der Waals surface area contributed by atoms with Crippen molar-refractivity contribution in [2.45, 2.75) is 58.1 Å². The minimum atomic E-state index is -0.753. The molecule has 2 amide bonds. The first-order valence-corrected chi connectivity index (χ1v) is 9.85. The van der Waals surface area contributed by atoms with E-state index < -0.39 is 11.5 Å². The maximum Gasteiger partial charge on any atom is 0.307 e. The summed E-state index contributed by atoms with van der Waals surface area (Å²) in [7, 11) is 0. The van der Waals surface area contributed by atoms with Crippen LogP contribution in [0.25, 0.3) is 0 Å². The molecule has 8 nitrogen and oxygen atoms in total. The van der Waals surface area contributed by atoms with Crippen molar-refractivity contribution in [2.24, 2.45) is 5.92 Å². The third-order valence-electron chi connectivity index (χ3n) is 6.15. The van der Waals surface area contributed by atoms with E-state index >= 15 is 0 Å². The second kappa shape index (κ2) is 6.83. The number of amides is 2. The summed E-state index contributed by atoms with van der Waals surface area (Å²) in [6.07, 6.45) is 3.51. The van der Waals surface area contributed by atoms with E-state index in [4.69, 9.17) is 9.72 Å². The molecular formula is C20H26N4O4. The Bertz CT molecular complexity index is 837. The average molecular weight is 386 g/mol. The minimum Gasteiger partial charge on any atom is -0.459 e. The lowest BCUT2D eigenvalue weighted by atomic mass is 9.89. The molecule has 0 unspecified atom stereocenters. The van der Waals surface area contributed by atoms with Crippen LogP contribution >= 0.6 is 0 Å². The van der Waals surface area contributed by atoms with E-state index in [2.05, 4.69) is 4.98 Å². The topological polar surface area (TPSA) is 92.7 Å². The lowest BCUT2D eigenvalue weighted by molar-refractivity contribution is -0.148. The number of carbonyl (C=O) groups excluding carboxylic acids is 3. The number of esters is 1. The molecule has 4 rings (SSSR count). The van der Waals surface area contributed by atoms with Crippen LogP contribution in [0.15, 0.2) is 6.20 Å². The maximum absolute atomic E-state index is 12.9. The number of nitrogens with zero attached hydrogens (tertiary/aromatic N) is 4. The monoisotopic (exact) mass is 386 g/mol. The van der Waals surface area contributed by atoms with Gasteiger partial charge in [0.2, 0.25) is 11.8 Å². The Hall–Kier alpha value is -2.51. The highest BCUT2D eigenvalue weighted by atomic mass is 16.6. The molecule has 150 valence electrons. The van der Waals surface area contributed by atoms with Gasteiger partial charge in [-0.05, 0) is 20.3 Å². The molecule has 0 radical (unpaired) electrons. The van der Waals surface area contributed by atoms with Crippen molar-refractivity contribution in [3.63, 3.8) is 0 Å². The van der Waals surface area contributed by atoms with Gasteiger partial charge in [-0.2, -0.15) is 0 Å². The first kappa shape index (κ1) is 18.8. The smallest absolute Gasteiger partial charge is 0.307 e. The van der Waals surface area contributed by atoms with E-state index in [0.717, 1.165) is 29.9 Å². The molecule has 0 aromatic carbocycles. The van der Waals surface area contributed by atoms with E-state index in [1.54, 1.807) is 25.7 Å². The van der Waals surface area contributed by atoms with Crippen LogP contribution in [-0.2, 0) is 32.1 Å². The largest absolute Gasteiger partial charge is 0.459 e. The third-order valence-corrected chi connectivity index (χ3v) is 6.15. The van der Waals surface area contributed by atoms with Gasteiger partial charge < -0.3 is 14.5 Å². The van der Waals surface area contributed by atoms with Gasteiger partial charge in [0.05, 0.1) is 18.0 Å². The average Bonchev–Trinajstić information content (AvgIpc) is 3.24. The molecule has 2 saturated heterocycles. The zero-order valence-corrected chi connectivity index (χ0v) is 16.6. The van der Waals surface area contributed by atoms with Gasteiger partial charge in [-0.25, -0.2) is 9.97 Å². The zero-order valence-electron chi connectivity index (χ0n) is 16.6. The quantitative estimate of drug-likeness (QED) is 0.705. The first-order valence-electron chi connectivity index (χ1n) is 9.85. The molecule has 0 spiro atoms. The Morgan fingerprint density at radius 1 is 1.25 bits per heavy atom. The number of cyclic esters (lactones) is 1. The molecule has 8 heteroatoms. The number of fused-ring (bicyclic) bond motifs is 1. The summed E-state index contributed by atoms with van der Waals surface area (Å²) in [6, 6.07) is 0. The van der Waals surface area contributed by atoms with Crippen molar-refractivity contribution in [3.8, 4) is 0 Å². The highest BCUT2D eigenvalue weighted by Gasteiger charge is 2.48. The van der Waals surface area contributed by atoms with Gasteiger partial charge in [-0.3, -0.25) is 14.4 Å². The molecule has 1 aromatic heterocycles. The second-order valence-electron chi connectivity index (χ2n) is 8.49. The Labute approximate surface area is 164 Å². The Morgan fingerprint density at radius 2 is 2.04 bits per heavy atom. The molecule has 0 saturated carbocycles. The molecule has 2 fully saturated rings. The molecule has 1 aromatic rings. The molecule has 2 atom stereocenters. The van der Waals surface area contributed by atoms with Crippen molar-refractivity contribution in [1.82, 2.24) is 19.8 Å². The highest BCUT2D eigenvalue weighted by Crippen LogP contribution is 2.36. The van der Waals surface area contributed by atoms with Crippen LogP contribution < -0.4 is 0 Å². The number of hydrogen-bond acceptors (Lipinski definition) is 6. The van der Waals surface area contributed by atoms with Crippen LogP contribution in [0, 0.1) is 5.92 Å². The van der Waals surface area contributed by atoms with Crippen molar-refractivity contribution in [3.05, 3.63) is 23.3 Å². The van der Waals surface area contributed by atoms with Gasteiger partial charge in [0.1, 0.15) is 11.4 Å². The fourth-order valence-corrected chi connectivity index (χ4v) is 4.39. The van der Waals surface area contributed by atoms with Crippen molar-refractivity contribution in [1.29, 1.82) is 0 Å². The van der Waals surface area contributed by atoms with Gasteiger partial charge in [0.15, 0.2) is 0 Å². The first-order chi connectivity index (χ1) is 13.2. The van der Waals surface area contributed by atoms with Gasteiger partial charge in [-0.1, -0.05) is 0 Å². The number of carbonyl (C=O) groups is 3. The van der Waals surface area contributed by atoms with E-state index in [1.165, 1.54) is 0 Å². The van der Waals surface area contributed by atoms with E-state index in [9.17, 15) is 14.4 Å². The van der Waals surface area contributed by atoms with Crippen LogP contribution in [0.4, 0.5) is 0 Å². The van der Waals surface area contributed by atoms with Crippen molar-refractivity contribution < 1.29 is 19.1 Å². The van der Waals surface area contributed by atoms with Crippen LogP contribution in [0.2, 0.25) is 0 Å². The number of rotatable bonds is 2. The van der Waals surface area contributed by atoms with Gasteiger partial charge in [0, 0.05) is 57.2 Å². The molecule has 0 N–H and O–H groups in total. The predicted octanol–water partition coefficient (Wildman–Crippen LogP) is 1.04. The van der Waals surface area contributed by atoms with E-state index in [-0.39, 0.29) is 30.1 Å². The third kappa shape index (κ3) is 3.36. The minimum absolute atomic E-state index is 0.0200. The lowest BCUT2D eigenvalue weighted by Gasteiger charge is -2.28. The normalized spacial score (nSPS) is 26.2. The maximum atomic E-state index is 12.9. The fourth-order valence-electron chi connectivity index (χ4n) is 4.39. The lowest BCUT2D eigenvalue weighted by Crippen LogP contribution is -2.42. The molecule has 3 aliphatic heterocycles. The zero-order chi connectivity index (χ0) is 20.1. The number of ether oxygens (including phenoxy) is 1. The van der Waals surface area contributed by atoms with Crippen LogP contribution in [0.1, 0.15) is 56.6 Å². The molecule has 28 heavy (non-hydrogen) atoms.